The summed E-state index contributed by atoms with van der Waals surface area (Å²) in [6.45, 7) is 6.17. The van der Waals surface area contributed by atoms with E-state index in [1.807, 2.05) is 25.1 Å². The van der Waals surface area contributed by atoms with Gasteiger partial charge < -0.3 is 19.5 Å². The number of hydrogen-bond donors (Lipinski definition) is 1. The molecule has 5 heteroatoms. The minimum atomic E-state index is 0.649. The van der Waals surface area contributed by atoms with Crippen LogP contribution in [0, 0.1) is 0 Å². The first kappa shape index (κ1) is 17.3. The fourth-order valence-electron chi connectivity index (χ4n) is 1.68. The van der Waals surface area contributed by atoms with Crippen molar-refractivity contribution in [3.63, 3.8) is 0 Å². The number of ether oxygens (including phenoxy) is 3. The van der Waals surface area contributed by atoms with Crippen LogP contribution in [0.25, 0.3) is 0 Å². The zero-order valence-electron chi connectivity index (χ0n) is 12.3. The van der Waals surface area contributed by atoms with Gasteiger partial charge in [0, 0.05) is 19.8 Å². The number of rotatable bonds is 11. The van der Waals surface area contributed by atoms with E-state index in [1.54, 1.807) is 7.11 Å². The highest BCUT2D eigenvalue weighted by molar-refractivity contribution is 9.10. The van der Waals surface area contributed by atoms with Crippen molar-refractivity contribution in [1.29, 1.82) is 0 Å². The molecular weight excluding hydrogens is 322 g/mol. The number of unbranched alkanes of at least 4 members (excludes halogenated alkanes) is 1. The summed E-state index contributed by atoms with van der Waals surface area (Å²) in [5, 5.41) is 3.35. The van der Waals surface area contributed by atoms with Gasteiger partial charge in [-0.25, -0.2) is 0 Å². The molecule has 0 aliphatic heterocycles. The fraction of sp³-hybridized carbons (Fsp3) is 0.600. The third-order valence-electron chi connectivity index (χ3n) is 2.77. The highest BCUT2D eigenvalue weighted by atomic mass is 79.9. The molecule has 4 nitrogen and oxygen atoms in total. The Morgan fingerprint density at radius 1 is 1.15 bits per heavy atom. The Hall–Kier alpha value is -0.780. The van der Waals surface area contributed by atoms with Gasteiger partial charge in [0.1, 0.15) is 18.1 Å². The lowest BCUT2D eigenvalue weighted by molar-refractivity contribution is 0.143. The van der Waals surface area contributed by atoms with Gasteiger partial charge in [0.25, 0.3) is 0 Å². The molecule has 1 N–H and O–H groups in total. The Morgan fingerprint density at radius 3 is 2.70 bits per heavy atom. The minimum absolute atomic E-state index is 0.649. The number of hydrogen-bond acceptors (Lipinski definition) is 4. The second-order valence-electron chi connectivity index (χ2n) is 4.30. The number of benzene rings is 1. The van der Waals surface area contributed by atoms with Gasteiger partial charge in [-0.05, 0) is 60.4 Å². The maximum atomic E-state index is 5.69. The van der Waals surface area contributed by atoms with Gasteiger partial charge in [0.05, 0.1) is 11.6 Å². The smallest absolute Gasteiger partial charge is 0.133 e. The molecular formula is C15H24BrNO3. The summed E-state index contributed by atoms with van der Waals surface area (Å²) < 4.78 is 17.0. The maximum Gasteiger partial charge on any atom is 0.133 e. The van der Waals surface area contributed by atoms with Crippen molar-refractivity contribution < 1.29 is 14.2 Å². The first-order valence-electron chi connectivity index (χ1n) is 7.02. The topological polar surface area (TPSA) is 39.7 Å². The van der Waals surface area contributed by atoms with Crippen molar-refractivity contribution in [1.82, 2.24) is 5.32 Å². The zero-order valence-corrected chi connectivity index (χ0v) is 13.9. The van der Waals surface area contributed by atoms with Crippen LogP contribution in [-0.2, 0) is 4.74 Å². The first-order chi connectivity index (χ1) is 9.77. The Balaban J connectivity index is 2.06. The van der Waals surface area contributed by atoms with E-state index >= 15 is 0 Å². The summed E-state index contributed by atoms with van der Waals surface area (Å²) >= 11 is 3.47. The van der Waals surface area contributed by atoms with Crippen LogP contribution in [0.5, 0.6) is 11.5 Å². The number of methoxy groups -OCH3 is 1. The van der Waals surface area contributed by atoms with E-state index in [1.165, 1.54) is 0 Å². The molecule has 0 aliphatic rings. The summed E-state index contributed by atoms with van der Waals surface area (Å²) in [5.41, 5.74) is 0. The highest BCUT2D eigenvalue weighted by Gasteiger charge is 2.02. The molecule has 0 saturated carbocycles. The molecule has 0 aromatic heterocycles. The molecule has 0 spiro atoms. The largest absolute Gasteiger partial charge is 0.497 e. The summed E-state index contributed by atoms with van der Waals surface area (Å²) in [5.74, 6) is 1.65. The third kappa shape index (κ3) is 7.12. The highest BCUT2D eigenvalue weighted by Crippen LogP contribution is 2.28. The average Bonchev–Trinajstić information content (AvgIpc) is 2.47. The summed E-state index contributed by atoms with van der Waals surface area (Å²) in [4.78, 5) is 0. The standard InChI is InChI=1S/C15H24BrNO3/c1-3-19-10-5-4-8-17-9-11-20-15-7-6-13(18-2)12-14(15)16/h6-7,12,17H,3-5,8-11H2,1-2H3. The molecule has 0 atom stereocenters. The molecule has 114 valence electrons. The third-order valence-corrected chi connectivity index (χ3v) is 3.39. The molecule has 0 heterocycles. The van der Waals surface area contributed by atoms with Crippen LogP contribution in [0.3, 0.4) is 0 Å². The molecule has 0 radical (unpaired) electrons. The van der Waals surface area contributed by atoms with Crippen LogP contribution in [-0.4, -0.2) is 40.0 Å². The zero-order chi connectivity index (χ0) is 14.6. The van der Waals surface area contributed by atoms with Crippen LogP contribution in [0.1, 0.15) is 19.8 Å². The minimum Gasteiger partial charge on any atom is -0.497 e. The maximum absolute atomic E-state index is 5.69. The van der Waals surface area contributed by atoms with Gasteiger partial charge in [0.15, 0.2) is 0 Å². The molecule has 1 aromatic carbocycles. The van der Waals surface area contributed by atoms with Gasteiger partial charge >= 0.3 is 0 Å². The molecule has 0 unspecified atom stereocenters. The molecule has 0 amide bonds. The lowest BCUT2D eigenvalue weighted by Gasteiger charge is -2.10. The van der Waals surface area contributed by atoms with Gasteiger partial charge in [-0.15, -0.1) is 0 Å². The predicted octanol–water partition coefficient (Wildman–Crippen LogP) is 3.24. The molecule has 0 bridgehead atoms. The summed E-state index contributed by atoms with van der Waals surface area (Å²) in [6.07, 6.45) is 2.23. The van der Waals surface area contributed by atoms with Crippen LogP contribution in [0.4, 0.5) is 0 Å². The lowest BCUT2D eigenvalue weighted by Crippen LogP contribution is -2.22. The number of nitrogens with one attached hydrogen (secondary N) is 1. The Kier molecular flexibility index (Phi) is 9.45. The normalized spacial score (nSPS) is 10.6. The van der Waals surface area contributed by atoms with E-state index < -0.39 is 0 Å². The van der Waals surface area contributed by atoms with E-state index in [-0.39, 0.29) is 0 Å². The van der Waals surface area contributed by atoms with Gasteiger partial charge in [0.2, 0.25) is 0 Å². The van der Waals surface area contributed by atoms with Crippen molar-refractivity contribution in [2.24, 2.45) is 0 Å². The Bertz CT molecular complexity index is 374. The van der Waals surface area contributed by atoms with E-state index in [4.69, 9.17) is 14.2 Å². The summed E-state index contributed by atoms with van der Waals surface area (Å²) in [7, 11) is 1.65. The first-order valence-corrected chi connectivity index (χ1v) is 7.82. The van der Waals surface area contributed by atoms with Crippen LogP contribution < -0.4 is 14.8 Å². The average molecular weight is 346 g/mol. The van der Waals surface area contributed by atoms with E-state index in [2.05, 4.69) is 21.2 Å². The second-order valence-corrected chi connectivity index (χ2v) is 5.15. The fourth-order valence-corrected chi connectivity index (χ4v) is 2.15. The second kappa shape index (κ2) is 10.9. The molecule has 0 saturated heterocycles. The quantitative estimate of drug-likeness (QED) is 0.625. The predicted molar refractivity (Wildman–Crippen MR) is 84.8 cm³/mol. The molecule has 1 aromatic rings. The van der Waals surface area contributed by atoms with Crippen LogP contribution in [0.15, 0.2) is 22.7 Å². The van der Waals surface area contributed by atoms with Crippen molar-refractivity contribution in [2.75, 3.05) is 40.0 Å². The molecule has 0 fully saturated rings. The Labute approximate surface area is 129 Å². The van der Waals surface area contributed by atoms with Gasteiger partial charge in [-0.1, -0.05) is 0 Å². The molecule has 0 aliphatic carbocycles. The monoisotopic (exact) mass is 345 g/mol. The molecule has 1 rings (SSSR count). The van der Waals surface area contributed by atoms with E-state index in [0.29, 0.717) is 6.61 Å². The lowest BCUT2D eigenvalue weighted by atomic mass is 10.3. The molecule has 20 heavy (non-hydrogen) atoms. The van der Waals surface area contributed by atoms with E-state index in [0.717, 1.165) is 55.1 Å². The summed E-state index contributed by atoms with van der Waals surface area (Å²) in [6, 6.07) is 5.70. The number of halogens is 1. The van der Waals surface area contributed by atoms with Crippen LogP contribution >= 0.6 is 15.9 Å². The van der Waals surface area contributed by atoms with Crippen molar-refractivity contribution >= 4 is 15.9 Å². The van der Waals surface area contributed by atoms with E-state index in [9.17, 15) is 0 Å². The SMILES string of the molecule is CCOCCCCNCCOc1ccc(OC)cc1Br. The van der Waals surface area contributed by atoms with Gasteiger partial charge in [-0.3, -0.25) is 0 Å². The van der Waals surface area contributed by atoms with Crippen molar-refractivity contribution in [2.45, 2.75) is 19.8 Å². The van der Waals surface area contributed by atoms with Crippen LogP contribution in [0.2, 0.25) is 0 Å². The van der Waals surface area contributed by atoms with Gasteiger partial charge in [-0.2, -0.15) is 0 Å². The Morgan fingerprint density at radius 2 is 2.00 bits per heavy atom. The van der Waals surface area contributed by atoms with Crippen molar-refractivity contribution in [3.8, 4) is 11.5 Å². The van der Waals surface area contributed by atoms with Crippen molar-refractivity contribution in [3.05, 3.63) is 22.7 Å².